The van der Waals surface area contributed by atoms with Gasteiger partial charge in [-0.2, -0.15) is 5.26 Å². The predicted octanol–water partition coefficient (Wildman–Crippen LogP) is 0.934. The first-order valence-corrected chi connectivity index (χ1v) is 4.09. The van der Waals surface area contributed by atoms with Gasteiger partial charge in [-0.1, -0.05) is 0 Å². The van der Waals surface area contributed by atoms with Crippen LogP contribution < -0.4 is 10.5 Å². The maximum atomic E-state index is 10.7. The quantitative estimate of drug-likeness (QED) is 0.586. The molecule has 78 valence electrons. The molecule has 0 fully saturated rings. The minimum atomic E-state index is -0.550. The predicted molar refractivity (Wildman–Crippen MR) is 52.3 cm³/mol. The average Bonchev–Trinajstić information content (AvgIpc) is 2.26. The van der Waals surface area contributed by atoms with Crippen molar-refractivity contribution < 1.29 is 9.66 Å². The van der Waals surface area contributed by atoms with Gasteiger partial charge in [-0.3, -0.25) is 10.1 Å². The standard InChI is InChI=1S/C9H9N3O3/c1-15-9-3-8(12(13)14)6(4-10)2-7(9)5-11/h2-3H,4,10H2,1H3. The Balaban J connectivity index is 3.42. The molecular weight excluding hydrogens is 198 g/mol. The SMILES string of the molecule is COc1cc([N+](=O)[O-])c(CN)cc1C#N. The molecule has 0 aliphatic heterocycles. The smallest absolute Gasteiger partial charge is 0.277 e. The molecule has 0 aliphatic carbocycles. The number of nitriles is 1. The van der Waals surface area contributed by atoms with E-state index >= 15 is 0 Å². The van der Waals surface area contributed by atoms with Crippen LogP contribution in [0.2, 0.25) is 0 Å². The molecular formula is C9H9N3O3. The molecule has 0 saturated carbocycles. The van der Waals surface area contributed by atoms with Gasteiger partial charge in [0.05, 0.1) is 23.7 Å². The number of nitro groups is 1. The van der Waals surface area contributed by atoms with Gasteiger partial charge >= 0.3 is 0 Å². The number of rotatable bonds is 3. The molecule has 0 radical (unpaired) electrons. The molecule has 0 unspecified atom stereocenters. The Hall–Kier alpha value is -2.13. The molecule has 2 N–H and O–H groups in total. The lowest BCUT2D eigenvalue weighted by Gasteiger charge is -2.05. The summed E-state index contributed by atoms with van der Waals surface area (Å²) in [6.07, 6.45) is 0. The fourth-order valence-electron chi connectivity index (χ4n) is 1.20. The Morgan fingerprint density at radius 1 is 1.67 bits per heavy atom. The van der Waals surface area contributed by atoms with Crippen LogP contribution >= 0.6 is 0 Å². The number of methoxy groups -OCH3 is 1. The van der Waals surface area contributed by atoms with Gasteiger partial charge in [0.25, 0.3) is 5.69 Å². The molecule has 1 aromatic rings. The number of nitrogens with two attached hydrogens (primary N) is 1. The summed E-state index contributed by atoms with van der Waals surface area (Å²) in [7, 11) is 1.35. The van der Waals surface area contributed by atoms with E-state index in [1.807, 2.05) is 6.07 Å². The third-order valence-electron chi connectivity index (χ3n) is 1.94. The summed E-state index contributed by atoms with van der Waals surface area (Å²) in [5.74, 6) is 0.182. The molecule has 1 rings (SSSR count). The van der Waals surface area contributed by atoms with Gasteiger partial charge in [0.15, 0.2) is 0 Å². The van der Waals surface area contributed by atoms with Crippen LogP contribution in [0.3, 0.4) is 0 Å². The Morgan fingerprint density at radius 2 is 2.33 bits per heavy atom. The second-order valence-electron chi connectivity index (χ2n) is 2.75. The molecule has 15 heavy (non-hydrogen) atoms. The Labute approximate surface area is 86.0 Å². The largest absolute Gasteiger partial charge is 0.495 e. The van der Waals surface area contributed by atoms with E-state index < -0.39 is 4.92 Å². The summed E-state index contributed by atoms with van der Waals surface area (Å²) in [5.41, 5.74) is 5.77. The van der Waals surface area contributed by atoms with Gasteiger partial charge in [0, 0.05) is 12.1 Å². The number of benzene rings is 1. The highest BCUT2D eigenvalue weighted by atomic mass is 16.6. The van der Waals surface area contributed by atoms with E-state index in [2.05, 4.69) is 0 Å². The van der Waals surface area contributed by atoms with Gasteiger partial charge in [-0.05, 0) is 6.07 Å². The molecule has 6 heteroatoms. The lowest BCUT2D eigenvalue weighted by molar-refractivity contribution is -0.385. The highest BCUT2D eigenvalue weighted by Gasteiger charge is 2.17. The monoisotopic (exact) mass is 207 g/mol. The summed E-state index contributed by atoms with van der Waals surface area (Å²) in [5, 5.41) is 19.4. The van der Waals surface area contributed by atoms with Gasteiger partial charge in [0.1, 0.15) is 11.8 Å². The first-order valence-electron chi connectivity index (χ1n) is 4.09. The summed E-state index contributed by atoms with van der Waals surface area (Å²) in [4.78, 5) is 10.1. The van der Waals surface area contributed by atoms with E-state index in [0.717, 1.165) is 0 Å². The maximum absolute atomic E-state index is 10.7. The number of nitro benzene ring substituents is 1. The van der Waals surface area contributed by atoms with E-state index in [9.17, 15) is 10.1 Å². The molecule has 1 aromatic carbocycles. The zero-order valence-corrected chi connectivity index (χ0v) is 8.06. The molecule has 0 amide bonds. The molecule has 0 aromatic heterocycles. The molecule has 0 bridgehead atoms. The second-order valence-corrected chi connectivity index (χ2v) is 2.75. The normalized spacial score (nSPS) is 9.40. The van der Waals surface area contributed by atoms with Crippen molar-refractivity contribution >= 4 is 5.69 Å². The van der Waals surface area contributed by atoms with Crippen LogP contribution in [-0.2, 0) is 6.54 Å². The minimum Gasteiger partial charge on any atom is -0.495 e. The molecule has 0 heterocycles. The fraction of sp³-hybridized carbons (Fsp3) is 0.222. The van der Waals surface area contributed by atoms with Crippen molar-refractivity contribution in [3.63, 3.8) is 0 Å². The van der Waals surface area contributed by atoms with E-state index in [-0.39, 0.29) is 23.5 Å². The van der Waals surface area contributed by atoms with Crippen molar-refractivity contribution in [3.05, 3.63) is 33.4 Å². The highest BCUT2D eigenvalue weighted by molar-refractivity contribution is 5.55. The number of hydrogen-bond donors (Lipinski definition) is 1. The van der Waals surface area contributed by atoms with E-state index in [0.29, 0.717) is 5.56 Å². The second kappa shape index (κ2) is 4.39. The topological polar surface area (TPSA) is 102 Å². The van der Waals surface area contributed by atoms with Gasteiger partial charge in [-0.25, -0.2) is 0 Å². The molecule has 0 saturated heterocycles. The summed E-state index contributed by atoms with van der Waals surface area (Å²) in [6, 6.07) is 4.47. The van der Waals surface area contributed by atoms with Crippen LogP contribution in [0.1, 0.15) is 11.1 Å². The molecule has 0 spiro atoms. The summed E-state index contributed by atoms with van der Waals surface area (Å²) < 4.78 is 4.86. The van der Waals surface area contributed by atoms with E-state index in [1.54, 1.807) is 0 Å². The third kappa shape index (κ3) is 2.03. The third-order valence-corrected chi connectivity index (χ3v) is 1.94. The fourth-order valence-corrected chi connectivity index (χ4v) is 1.20. The molecule has 0 aliphatic rings. The first kappa shape index (κ1) is 10.9. The minimum absolute atomic E-state index is 0.00892. The maximum Gasteiger partial charge on any atom is 0.277 e. The summed E-state index contributed by atoms with van der Waals surface area (Å²) >= 11 is 0. The Bertz CT molecular complexity index is 437. The van der Waals surface area contributed by atoms with Crippen LogP contribution in [0.4, 0.5) is 5.69 Å². The zero-order chi connectivity index (χ0) is 11.4. The zero-order valence-electron chi connectivity index (χ0n) is 8.06. The average molecular weight is 207 g/mol. The Kier molecular flexibility index (Phi) is 3.21. The van der Waals surface area contributed by atoms with Crippen molar-refractivity contribution in [3.8, 4) is 11.8 Å². The lowest BCUT2D eigenvalue weighted by atomic mass is 10.1. The Morgan fingerprint density at radius 3 is 2.73 bits per heavy atom. The van der Waals surface area contributed by atoms with E-state index in [4.69, 9.17) is 15.7 Å². The number of hydrogen-bond acceptors (Lipinski definition) is 5. The lowest BCUT2D eigenvalue weighted by Crippen LogP contribution is -2.03. The van der Waals surface area contributed by atoms with Crippen LogP contribution in [0.5, 0.6) is 5.75 Å². The van der Waals surface area contributed by atoms with Crippen LogP contribution in [0, 0.1) is 21.4 Å². The van der Waals surface area contributed by atoms with Gasteiger partial charge in [-0.15, -0.1) is 0 Å². The number of ether oxygens (including phenoxy) is 1. The van der Waals surface area contributed by atoms with Crippen LogP contribution in [0.25, 0.3) is 0 Å². The van der Waals surface area contributed by atoms with Crippen molar-refractivity contribution in [2.24, 2.45) is 5.73 Å². The van der Waals surface area contributed by atoms with Crippen molar-refractivity contribution in [1.82, 2.24) is 0 Å². The first-order chi connectivity index (χ1) is 7.13. The highest BCUT2D eigenvalue weighted by Crippen LogP contribution is 2.28. The van der Waals surface area contributed by atoms with E-state index in [1.165, 1.54) is 19.2 Å². The van der Waals surface area contributed by atoms with Crippen LogP contribution in [0.15, 0.2) is 12.1 Å². The van der Waals surface area contributed by atoms with Crippen molar-refractivity contribution in [2.75, 3.05) is 7.11 Å². The number of nitrogens with zero attached hydrogens (tertiary/aromatic N) is 2. The van der Waals surface area contributed by atoms with Crippen molar-refractivity contribution in [2.45, 2.75) is 6.54 Å². The van der Waals surface area contributed by atoms with Crippen LogP contribution in [-0.4, -0.2) is 12.0 Å². The van der Waals surface area contributed by atoms with Crippen molar-refractivity contribution in [1.29, 1.82) is 5.26 Å². The van der Waals surface area contributed by atoms with Gasteiger partial charge < -0.3 is 10.5 Å². The molecule has 0 atom stereocenters. The summed E-state index contributed by atoms with van der Waals surface area (Å²) in [6.45, 7) is 0.00892. The molecule has 6 nitrogen and oxygen atoms in total. The van der Waals surface area contributed by atoms with Gasteiger partial charge in [0.2, 0.25) is 0 Å².